The number of urea groups is 1. The molecule has 1 rings (SSSR count). The molecule has 0 spiro atoms. The Labute approximate surface area is 102 Å². The Kier molecular flexibility index (Phi) is 4.37. The molecular weight excluding hydrogens is 220 g/mol. The largest absolute Gasteiger partial charge is 0.480 e. The van der Waals surface area contributed by atoms with Gasteiger partial charge in [-0.05, 0) is 33.1 Å². The Morgan fingerprint density at radius 1 is 1.41 bits per heavy atom. The first kappa shape index (κ1) is 13.8. The van der Waals surface area contributed by atoms with Crippen LogP contribution in [0.15, 0.2) is 0 Å². The molecule has 1 aliphatic carbocycles. The highest BCUT2D eigenvalue weighted by Crippen LogP contribution is 2.27. The summed E-state index contributed by atoms with van der Waals surface area (Å²) in [6, 6.07) is 0.0491. The first-order chi connectivity index (χ1) is 7.94. The Hall–Kier alpha value is -1.26. The number of nitrogens with zero attached hydrogens (tertiary/aromatic N) is 1. The summed E-state index contributed by atoms with van der Waals surface area (Å²) in [5, 5.41) is 11.8. The van der Waals surface area contributed by atoms with E-state index in [-0.39, 0.29) is 6.03 Å². The van der Waals surface area contributed by atoms with Crippen LogP contribution in [0.5, 0.6) is 0 Å². The van der Waals surface area contributed by atoms with E-state index in [0.29, 0.717) is 19.0 Å². The van der Waals surface area contributed by atoms with Gasteiger partial charge in [-0.2, -0.15) is 0 Å². The van der Waals surface area contributed by atoms with Crippen molar-refractivity contribution in [3.8, 4) is 0 Å². The van der Waals surface area contributed by atoms with Crippen LogP contribution in [0.2, 0.25) is 0 Å². The Balaban J connectivity index is 2.65. The number of rotatable bonds is 6. The van der Waals surface area contributed by atoms with Crippen LogP contribution in [0.25, 0.3) is 0 Å². The maximum absolute atomic E-state index is 12.0. The zero-order valence-electron chi connectivity index (χ0n) is 10.8. The molecule has 1 fully saturated rings. The second-order valence-electron chi connectivity index (χ2n) is 4.83. The third kappa shape index (κ3) is 3.35. The molecular formula is C12H22N2O3. The summed E-state index contributed by atoms with van der Waals surface area (Å²) in [6.45, 7) is 6.01. The first-order valence-corrected chi connectivity index (χ1v) is 6.26. The number of carboxylic acid groups (broad SMARTS) is 1. The molecule has 2 amide bonds. The third-order valence-corrected chi connectivity index (χ3v) is 3.19. The van der Waals surface area contributed by atoms with E-state index in [2.05, 4.69) is 5.32 Å². The molecule has 0 bridgehead atoms. The molecule has 0 aromatic carbocycles. The third-order valence-electron chi connectivity index (χ3n) is 3.19. The predicted molar refractivity (Wildman–Crippen MR) is 64.9 cm³/mol. The number of carbonyl (C=O) groups excluding carboxylic acids is 1. The average molecular weight is 242 g/mol. The maximum atomic E-state index is 12.0. The van der Waals surface area contributed by atoms with Crippen molar-refractivity contribution in [3.05, 3.63) is 0 Å². The second-order valence-corrected chi connectivity index (χ2v) is 4.83. The normalized spacial score (nSPS) is 18.3. The zero-order chi connectivity index (χ0) is 13.1. The van der Waals surface area contributed by atoms with E-state index in [1.165, 1.54) is 0 Å². The molecule has 98 valence electrons. The van der Waals surface area contributed by atoms with E-state index in [4.69, 9.17) is 0 Å². The number of aliphatic carboxylic acids is 1. The molecule has 0 saturated heterocycles. The van der Waals surface area contributed by atoms with Crippen LogP contribution < -0.4 is 5.32 Å². The fourth-order valence-corrected chi connectivity index (χ4v) is 1.98. The predicted octanol–water partition coefficient (Wildman–Crippen LogP) is 1.82. The van der Waals surface area contributed by atoms with Gasteiger partial charge in [-0.1, -0.05) is 13.3 Å². The minimum atomic E-state index is -1.16. The number of amides is 2. The van der Waals surface area contributed by atoms with Crippen molar-refractivity contribution in [2.45, 2.75) is 58.0 Å². The van der Waals surface area contributed by atoms with Crippen LogP contribution in [0.3, 0.4) is 0 Å². The number of carboxylic acids is 1. The van der Waals surface area contributed by atoms with Gasteiger partial charge in [-0.3, -0.25) is 0 Å². The highest BCUT2D eigenvalue weighted by Gasteiger charge is 2.38. The van der Waals surface area contributed by atoms with Gasteiger partial charge in [0.15, 0.2) is 0 Å². The summed E-state index contributed by atoms with van der Waals surface area (Å²) in [7, 11) is 0. The topological polar surface area (TPSA) is 69.6 Å². The molecule has 2 N–H and O–H groups in total. The quantitative estimate of drug-likeness (QED) is 0.746. The number of carbonyl (C=O) groups is 2. The smallest absolute Gasteiger partial charge is 0.329 e. The van der Waals surface area contributed by atoms with Crippen molar-refractivity contribution in [1.82, 2.24) is 10.2 Å². The molecule has 5 heteroatoms. The molecule has 1 saturated carbocycles. The number of hydrogen-bond acceptors (Lipinski definition) is 2. The summed E-state index contributed by atoms with van der Waals surface area (Å²) < 4.78 is 0. The fraction of sp³-hybridized carbons (Fsp3) is 0.833. The van der Waals surface area contributed by atoms with Gasteiger partial charge in [-0.15, -0.1) is 0 Å². The van der Waals surface area contributed by atoms with E-state index in [0.717, 1.165) is 19.3 Å². The summed E-state index contributed by atoms with van der Waals surface area (Å²) in [5.74, 6) is -0.973. The van der Waals surface area contributed by atoms with Crippen LogP contribution in [-0.2, 0) is 4.79 Å². The van der Waals surface area contributed by atoms with E-state index >= 15 is 0 Å². The number of hydrogen-bond donors (Lipinski definition) is 2. The molecule has 0 radical (unpaired) electrons. The Bertz CT molecular complexity index is 302. The van der Waals surface area contributed by atoms with Crippen LogP contribution in [0.1, 0.15) is 46.5 Å². The minimum Gasteiger partial charge on any atom is -0.480 e. The summed E-state index contributed by atoms with van der Waals surface area (Å²) in [5.41, 5.74) is -1.16. The monoisotopic (exact) mass is 242 g/mol. The Morgan fingerprint density at radius 3 is 2.35 bits per heavy atom. The minimum absolute atomic E-state index is 0.256. The van der Waals surface area contributed by atoms with E-state index in [9.17, 15) is 14.7 Å². The summed E-state index contributed by atoms with van der Waals surface area (Å²) in [6.07, 6.45) is 3.21. The highest BCUT2D eigenvalue weighted by atomic mass is 16.4. The van der Waals surface area contributed by atoms with E-state index in [1.807, 2.05) is 13.8 Å². The molecule has 1 aliphatic rings. The molecule has 0 heterocycles. The van der Waals surface area contributed by atoms with Gasteiger partial charge in [0.05, 0.1) is 0 Å². The van der Waals surface area contributed by atoms with Gasteiger partial charge < -0.3 is 15.3 Å². The van der Waals surface area contributed by atoms with Gasteiger partial charge in [0.25, 0.3) is 0 Å². The molecule has 5 nitrogen and oxygen atoms in total. The van der Waals surface area contributed by atoms with Crippen molar-refractivity contribution >= 4 is 12.0 Å². The van der Waals surface area contributed by atoms with Crippen LogP contribution >= 0.6 is 0 Å². The SMILES string of the molecule is CCCC(C)(NC(=O)N(CC)C1CC1)C(=O)O. The van der Waals surface area contributed by atoms with Crippen LogP contribution in [0.4, 0.5) is 4.79 Å². The average Bonchev–Trinajstić information content (AvgIpc) is 3.03. The van der Waals surface area contributed by atoms with Crippen molar-refractivity contribution in [2.75, 3.05) is 6.54 Å². The summed E-state index contributed by atoms with van der Waals surface area (Å²) in [4.78, 5) is 24.9. The molecule has 0 aliphatic heterocycles. The van der Waals surface area contributed by atoms with E-state index in [1.54, 1.807) is 11.8 Å². The summed E-state index contributed by atoms with van der Waals surface area (Å²) >= 11 is 0. The second kappa shape index (κ2) is 5.38. The van der Waals surface area contributed by atoms with Gasteiger partial charge in [0.2, 0.25) is 0 Å². The molecule has 1 unspecified atom stereocenters. The van der Waals surface area contributed by atoms with Gasteiger partial charge in [0, 0.05) is 12.6 Å². The van der Waals surface area contributed by atoms with Crippen LogP contribution in [-0.4, -0.2) is 40.1 Å². The Morgan fingerprint density at radius 2 is 2.00 bits per heavy atom. The lowest BCUT2D eigenvalue weighted by atomic mass is 9.96. The van der Waals surface area contributed by atoms with Gasteiger partial charge >= 0.3 is 12.0 Å². The lowest BCUT2D eigenvalue weighted by Gasteiger charge is -2.30. The van der Waals surface area contributed by atoms with Crippen molar-refractivity contribution in [2.24, 2.45) is 0 Å². The fourth-order valence-electron chi connectivity index (χ4n) is 1.98. The van der Waals surface area contributed by atoms with Crippen molar-refractivity contribution < 1.29 is 14.7 Å². The number of nitrogens with one attached hydrogen (secondary N) is 1. The van der Waals surface area contributed by atoms with Crippen LogP contribution in [0, 0.1) is 0 Å². The van der Waals surface area contributed by atoms with E-state index < -0.39 is 11.5 Å². The zero-order valence-corrected chi connectivity index (χ0v) is 10.8. The standard InChI is InChI=1S/C12H22N2O3/c1-4-8-12(3,10(15)16)13-11(17)14(5-2)9-6-7-9/h9H,4-8H2,1-3H3,(H,13,17)(H,15,16). The molecule has 0 aromatic heterocycles. The lowest BCUT2D eigenvalue weighted by Crippen LogP contribution is -2.56. The van der Waals surface area contributed by atoms with Crippen molar-refractivity contribution in [3.63, 3.8) is 0 Å². The molecule has 0 aromatic rings. The lowest BCUT2D eigenvalue weighted by molar-refractivity contribution is -0.144. The highest BCUT2D eigenvalue weighted by molar-refractivity contribution is 5.86. The maximum Gasteiger partial charge on any atom is 0.329 e. The molecule has 1 atom stereocenters. The van der Waals surface area contributed by atoms with Crippen molar-refractivity contribution in [1.29, 1.82) is 0 Å². The van der Waals surface area contributed by atoms with Gasteiger partial charge in [-0.25, -0.2) is 9.59 Å². The molecule has 17 heavy (non-hydrogen) atoms. The first-order valence-electron chi connectivity index (χ1n) is 6.26. The van der Waals surface area contributed by atoms with Gasteiger partial charge in [0.1, 0.15) is 5.54 Å².